The van der Waals surface area contributed by atoms with Gasteiger partial charge in [0.1, 0.15) is 5.15 Å². The van der Waals surface area contributed by atoms with Crippen LogP contribution in [0.4, 0.5) is 0 Å². The molecule has 0 aliphatic heterocycles. The molecular formula is C7H4BrClN2. The molecule has 0 aromatic carbocycles. The van der Waals surface area contributed by atoms with Crippen LogP contribution in [0.2, 0.25) is 5.15 Å². The van der Waals surface area contributed by atoms with E-state index < -0.39 is 0 Å². The second-order valence-corrected chi connectivity index (χ2v) is 3.33. The predicted octanol–water partition coefficient (Wildman–Crippen LogP) is 2.85. The van der Waals surface area contributed by atoms with Crippen LogP contribution in [0.5, 0.6) is 0 Å². The number of nitrogens with zero attached hydrogens (tertiary/aromatic N) is 2. The van der Waals surface area contributed by atoms with Crippen LogP contribution in [0.1, 0.15) is 0 Å². The van der Waals surface area contributed by atoms with Crippen LogP contribution in [-0.4, -0.2) is 8.58 Å². The summed E-state index contributed by atoms with van der Waals surface area (Å²) in [7, 11) is 0. The van der Waals surface area contributed by atoms with Crippen molar-refractivity contribution in [3.05, 3.63) is 29.5 Å². The molecule has 0 fully saturated rings. The SMILES string of the molecule is Clc1ccc2ccn(Br)c2n1. The molecule has 0 radical (unpaired) electrons. The average molecular weight is 231 g/mol. The first kappa shape index (κ1) is 7.13. The first-order chi connectivity index (χ1) is 5.27. The molecular weight excluding hydrogens is 227 g/mol. The minimum absolute atomic E-state index is 0.511. The lowest BCUT2D eigenvalue weighted by atomic mass is 10.3. The van der Waals surface area contributed by atoms with E-state index in [9.17, 15) is 0 Å². The highest BCUT2D eigenvalue weighted by Crippen LogP contribution is 2.17. The van der Waals surface area contributed by atoms with E-state index in [1.165, 1.54) is 0 Å². The Balaban J connectivity index is 2.87. The van der Waals surface area contributed by atoms with Gasteiger partial charge in [0.25, 0.3) is 0 Å². The van der Waals surface area contributed by atoms with Crippen molar-refractivity contribution >= 4 is 38.8 Å². The molecule has 56 valence electrons. The Hall–Kier alpha value is -0.540. The summed E-state index contributed by atoms with van der Waals surface area (Å²) in [6, 6.07) is 5.67. The van der Waals surface area contributed by atoms with E-state index in [1.54, 1.807) is 9.66 Å². The monoisotopic (exact) mass is 230 g/mol. The van der Waals surface area contributed by atoms with E-state index >= 15 is 0 Å². The molecule has 4 heteroatoms. The van der Waals surface area contributed by atoms with Gasteiger partial charge in [0.05, 0.1) is 16.1 Å². The first-order valence-corrected chi connectivity index (χ1v) is 4.16. The van der Waals surface area contributed by atoms with E-state index in [2.05, 4.69) is 21.1 Å². The van der Waals surface area contributed by atoms with Gasteiger partial charge >= 0.3 is 0 Å². The number of fused-ring (bicyclic) bond motifs is 1. The number of hydrogen-bond acceptors (Lipinski definition) is 1. The fourth-order valence-electron chi connectivity index (χ4n) is 0.954. The zero-order valence-electron chi connectivity index (χ0n) is 5.46. The van der Waals surface area contributed by atoms with Gasteiger partial charge in [0.15, 0.2) is 5.65 Å². The van der Waals surface area contributed by atoms with Gasteiger partial charge in [0.2, 0.25) is 0 Å². The molecule has 2 aromatic heterocycles. The molecule has 0 aliphatic rings. The quantitative estimate of drug-likeness (QED) is 0.638. The summed E-state index contributed by atoms with van der Waals surface area (Å²) in [6.45, 7) is 0. The van der Waals surface area contributed by atoms with Crippen molar-refractivity contribution in [2.75, 3.05) is 0 Å². The molecule has 0 bridgehead atoms. The maximum absolute atomic E-state index is 5.70. The van der Waals surface area contributed by atoms with Gasteiger partial charge in [-0.15, -0.1) is 0 Å². The second-order valence-electron chi connectivity index (χ2n) is 2.17. The highest BCUT2D eigenvalue weighted by molar-refractivity contribution is 9.08. The summed E-state index contributed by atoms with van der Waals surface area (Å²) in [5.74, 6) is 0. The lowest BCUT2D eigenvalue weighted by Crippen LogP contribution is -1.80. The largest absolute Gasteiger partial charge is 0.267 e. The van der Waals surface area contributed by atoms with Gasteiger partial charge in [-0.3, -0.25) is 3.59 Å². The lowest BCUT2D eigenvalue weighted by molar-refractivity contribution is 1.28. The molecule has 0 saturated carbocycles. The van der Waals surface area contributed by atoms with E-state index in [1.807, 2.05) is 18.3 Å². The third kappa shape index (κ3) is 1.14. The maximum Gasteiger partial charge on any atom is 0.151 e. The maximum atomic E-state index is 5.70. The summed E-state index contributed by atoms with van der Waals surface area (Å²) in [5, 5.41) is 1.59. The molecule has 0 aliphatic carbocycles. The van der Waals surface area contributed by atoms with Gasteiger partial charge in [-0.25, -0.2) is 4.98 Å². The van der Waals surface area contributed by atoms with Crippen LogP contribution in [0, 0.1) is 0 Å². The number of rotatable bonds is 0. The molecule has 0 saturated heterocycles. The minimum atomic E-state index is 0.511. The van der Waals surface area contributed by atoms with Crippen molar-refractivity contribution in [2.45, 2.75) is 0 Å². The third-order valence-corrected chi connectivity index (χ3v) is 2.24. The van der Waals surface area contributed by atoms with Crippen LogP contribution in [0.25, 0.3) is 11.0 Å². The van der Waals surface area contributed by atoms with E-state index in [-0.39, 0.29) is 0 Å². The van der Waals surface area contributed by atoms with Crippen molar-refractivity contribution in [1.29, 1.82) is 0 Å². The van der Waals surface area contributed by atoms with Crippen molar-refractivity contribution in [3.63, 3.8) is 0 Å². The molecule has 0 spiro atoms. The Kier molecular flexibility index (Phi) is 1.62. The summed E-state index contributed by atoms with van der Waals surface area (Å²) in [6.07, 6.45) is 1.88. The van der Waals surface area contributed by atoms with Crippen LogP contribution in [0.3, 0.4) is 0 Å². The topological polar surface area (TPSA) is 17.8 Å². The fourth-order valence-corrected chi connectivity index (χ4v) is 1.50. The molecule has 2 aromatic rings. The second kappa shape index (κ2) is 2.50. The lowest BCUT2D eigenvalue weighted by Gasteiger charge is -1.92. The van der Waals surface area contributed by atoms with E-state index in [0.29, 0.717) is 5.15 Å². The van der Waals surface area contributed by atoms with Gasteiger partial charge in [-0.2, -0.15) is 0 Å². The summed E-state index contributed by atoms with van der Waals surface area (Å²) in [5.41, 5.74) is 0.845. The van der Waals surface area contributed by atoms with E-state index in [0.717, 1.165) is 11.0 Å². The molecule has 2 rings (SSSR count). The van der Waals surface area contributed by atoms with Crippen molar-refractivity contribution < 1.29 is 0 Å². The summed E-state index contributed by atoms with van der Waals surface area (Å²) < 4.78 is 1.76. The molecule has 0 amide bonds. The van der Waals surface area contributed by atoms with E-state index in [4.69, 9.17) is 11.6 Å². The fraction of sp³-hybridized carbons (Fsp3) is 0. The third-order valence-electron chi connectivity index (χ3n) is 1.46. The minimum Gasteiger partial charge on any atom is -0.267 e. The molecule has 2 nitrogen and oxygen atoms in total. The normalized spacial score (nSPS) is 10.7. The Morgan fingerprint density at radius 3 is 3.00 bits per heavy atom. The van der Waals surface area contributed by atoms with Crippen molar-refractivity contribution in [3.8, 4) is 0 Å². The Labute approximate surface area is 77.1 Å². The summed E-state index contributed by atoms with van der Waals surface area (Å²) in [4.78, 5) is 4.12. The smallest absolute Gasteiger partial charge is 0.151 e. The van der Waals surface area contributed by atoms with Crippen molar-refractivity contribution in [2.24, 2.45) is 0 Å². The highest BCUT2D eigenvalue weighted by atomic mass is 79.9. The van der Waals surface area contributed by atoms with Crippen LogP contribution >= 0.6 is 27.7 Å². The van der Waals surface area contributed by atoms with Crippen LogP contribution in [-0.2, 0) is 0 Å². The average Bonchev–Trinajstić information content (AvgIpc) is 2.33. The highest BCUT2D eigenvalue weighted by Gasteiger charge is 1.99. The molecule has 0 unspecified atom stereocenters. The predicted molar refractivity (Wildman–Crippen MR) is 49.1 cm³/mol. The number of pyridine rings is 1. The van der Waals surface area contributed by atoms with Crippen molar-refractivity contribution in [1.82, 2.24) is 8.58 Å². The number of aromatic nitrogens is 2. The van der Waals surface area contributed by atoms with Crippen LogP contribution < -0.4 is 0 Å². The molecule has 0 N–H and O–H groups in total. The standard InChI is InChI=1S/C7H4BrClN2/c8-11-4-3-5-1-2-6(9)10-7(5)11/h1-4H. The molecule has 0 atom stereocenters. The summed E-state index contributed by atoms with van der Waals surface area (Å²) >= 11 is 9.00. The number of halogens is 2. The number of hydrogen-bond donors (Lipinski definition) is 0. The van der Waals surface area contributed by atoms with Gasteiger partial charge in [-0.1, -0.05) is 11.6 Å². The van der Waals surface area contributed by atoms with Gasteiger partial charge < -0.3 is 0 Å². The molecule has 11 heavy (non-hydrogen) atoms. The zero-order valence-corrected chi connectivity index (χ0v) is 7.80. The first-order valence-electron chi connectivity index (χ1n) is 3.07. The zero-order chi connectivity index (χ0) is 7.84. The Morgan fingerprint density at radius 2 is 2.18 bits per heavy atom. The Bertz CT molecular complexity index is 396. The van der Waals surface area contributed by atoms with Crippen LogP contribution in [0.15, 0.2) is 24.4 Å². The van der Waals surface area contributed by atoms with Gasteiger partial charge in [-0.05, 0) is 18.2 Å². The Morgan fingerprint density at radius 1 is 1.36 bits per heavy atom. The van der Waals surface area contributed by atoms with Gasteiger partial charge in [0, 0.05) is 11.6 Å². The molecule has 2 heterocycles.